The third-order valence-electron chi connectivity index (χ3n) is 0.755. The number of hydrogen-bond acceptors (Lipinski definition) is 0. The Morgan fingerprint density at radius 3 is 2.00 bits per heavy atom. The first-order valence-corrected chi connectivity index (χ1v) is 2.69. The van der Waals surface area contributed by atoms with E-state index in [4.69, 9.17) is 11.6 Å². The van der Waals surface area contributed by atoms with Crippen molar-refractivity contribution in [2.45, 2.75) is 11.5 Å². The molecule has 2 heteroatoms. The molecule has 2 atom stereocenters. The summed E-state index contributed by atoms with van der Waals surface area (Å²) < 4.78 is 12.2. The van der Waals surface area contributed by atoms with Gasteiger partial charge in [-0.3, -0.25) is 0 Å². The molecule has 8 heavy (non-hydrogen) atoms. The third-order valence-corrected chi connectivity index (χ3v) is 1.17. The minimum atomic E-state index is -1.17. The SMILES string of the molecule is C=CC(F)C(Cl)C=C. The van der Waals surface area contributed by atoms with Crippen LogP contribution in [0.5, 0.6) is 0 Å². The second kappa shape index (κ2) is 3.67. The van der Waals surface area contributed by atoms with Crippen molar-refractivity contribution in [1.82, 2.24) is 0 Å². The second-order valence-corrected chi connectivity index (χ2v) is 1.86. The Hall–Kier alpha value is -0.300. The predicted molar refractivity (Wildman–Crippen MR) is 34.9 cm³/mol. The summed E-state index contributed by atoms with van der Waals surface area (Å²) in [6, 6.07) is 0. The monoisotopic (exact) mass is 134 g/mol. The first-order chi connectivity index (χ1) is 3.72. The van der Waals surface area contributed by atoms with Crippen molar-refractivity contribution in [2.75, 3.05) is 0 Å². The minimum absolute atomic E-state index is 0.632. The molecule has 0 N–H and O–H groups in total. The lowest BCUT2D eigenvalue weighted by atomic mass is 10.3. The molecule has 0 amide bonds. The van der Waals surface area contributed by atoms with Crippen LogP contribution in [0.1, 0.15) is 0 Å². The van der Waals surface area contributed by atoms with Crippen molar-refractivity contribution < 1.29 is 4.39 Å². The van der Waals surface area contributed by atoms with E-state index in [2.05, 4.69) is 13.2 Å². The van der Waals surface area contributed by atoms with Crippen LogP contribution in [0.2, 0.25) is 0 Å². The molecule has 0 aromatic rings. The van der Waals surface area contributed by atoms with Crippen molar-refractivity contribution in [3.8, 4) is 0 Å². The average Bonchev–Trinajstić information content (AvgIpc) is 1.84. The molecular weight excluding hydrogens is 127 g/mol. The van der Waals surface area contributed by atoms with Gasteiger partial charge in [-0.1, -0.05) is 12.2 Å². The van der Waals surface area contributed by atoms with Crippen LogP contribution in [0.25, 0.3) is 0 Å². The fourth-order valence-electron chi connectivity index (χ4n) is 0.260. The van der Waals surface area contributed by atoms with E-state index in [9.17, 15) is 4.39 Å². The Bertz CT molecular complexity index is 78.5. The second-order valence-electron chi connectivity index (χ2n) is 1.36. The molecule has 2 unspecified atom stereocenters. The Kier molecular flexibility index (Phi) is 3.53. The maximum atomic E-state index is 12.2. The fourth-order valence-corrected chi connectivity index (χ4v) is 0.363. The van der Waals surface area contributed by atoms with Crippen LogP contribution >= 0.6 is 11.6 Å². The normalized spacial score (nSPS) is 16.8. The van der Waals surface area contributed by atoms with Crippen molar-refractivity contribution in [3.05, 3.63) is 25.3 Å². The van der Waals surface area contributed by atoms with Crippen molar-refractivity contribution in [2.24, 2.45) is 0 Å². The molecule has 0 saturated heterocycles. The number of hydrogen-bond donors (Lipinski definition) is 0. The highest BCUT2D eigenvalue weighted by Gasteiger charge is 2.08. The quantitative estimate of drug-likeness (QED) is 0.411. The summed E-state index contributed by atoms with van der Waals surface area (Å²) in [4.78, 5) is 0. The van der Waals surface area contributed by atoms with E-state index in [0.717, 1.165) is 6.08 Å². The molecule has 0 saturated carbocycles. The smallest absolute Gasteiger partial charge is 0.138 e. The first-order valence-electron chi connectivity index (χ1n) is 2.25. The Labute approximate surface area is 53.7 Å². The van der Waals surface area contributed by atoms with Gasteiger partial charge in [0.2, 0.25) is 0 Å². The summed E-state index contributed by atoms with van der Waals surface area (Å²) in [5, 5.41) is -0.632. The molecular formula is C6H8ClF. The summed E-state index contributed by atoms with van der Waals surface area (Å²) in [6.45, 7) is 6.53. The minimum Gasteiger partial charge on any atom is -0.241 e. The van der Waals surface area contributed by atoms with Crippen LogP contribution in [0.4, 0.5) is 4.39 Å². The maximum Gasteiger partial charge on any atom is 0.138 e. The Morgan fingerprint density at radius 2 is 1.88 bits per heavy atom. The average molecular weight is 135 g/mol. The standard InChI is InChI=1S/C6H8ClF/c1-3-5(7)6(8)4-2/h3-6H,1-2H2. The predicted octanol–water partition coefficient (Wildman–Crippen LogP) is 2.30. The zero-order valence-corrected chi connectivity index (χ0v) is 5.24. The largest absolute Gasteiger partial charge is 0.241 e. The molecule has 0 aliphatic heterocycles. The van der Waals surface area contributed by atoms with Crippen molar-refractivity contribution in [3.63, 3.8) is 0 Å². The molecule has 46 valence electrons. The van der Waals surface area contributed by atoms with Gasteiger partial charge in [-0.15, -0.1) is 24.8 Å². The van der Waals surface area contributed by atoms with Gasteiger partial charge in [0.25, 0.3) is 0 Å². The van der Waals surface area contributed by atoms with E-state index >= 15 is 0 Å². The summed E-state index contributed by atoms with van der Waals surface area (Å²) in [5.74, 6) is 0. The van der Waals surface area contributed by atoms with Gasteiger partial charge in [-0.05, 0) is 0 Å². The van der Waals surface area contributed by atoms with E-state index in [1.165, 1.54) is 6.08 Å². The summed E-state index contributed by atoms with van der Waals surface area (Å²) in [6.07, 6.45) is 1.32. The van der Waals surface area contributed by atoms with Gasteiger partial charge in [0.15, 0.2) is 0 Å². The molecule has 0 radical (unpaired) electrons. The number of halogens is 2. The van der Waals surface area contributed by atoms with Gasteiger partial charge in [-0.25, -0.2) is 4.39 Å². The molecule has 0 aliphatic carbocycles. The molecule has 0 rings (SSSR count). The fraction of sp³-hybridized carbons (Fsp3) is 0.333. The zero-order valence-electron chi connectivity index (χ0n) is 4.48. The van der Waals surface area contributed by atoms with Gasteiger partial charge in [0, 0.05) is 0 Å². The molecule has 0 spiro atoms. The maximum absolute atomic E-state index is 12.2. The van der Waals surface area contributed by atoms with Gasteiger partial charge in [-0.2, -0.15) is 0 Å². The lowest BCUT2D eigenvalue weighted by Gasteiger charge is -2.02. The molecule has 0 aromatic heterocycles. The van der Waals surface area contributed by atoms with Crippen molar-refractivity contribution in [1.29, 1.82) is 0 Å². The summed E-state index contributed by atoms with van der Waals surface area (Å²) in [5.41, 5.74) is 0. The number of rotatable bonds is 3. The van der Waals surface area contributed by atoms with Crippen LogP contribution in [0.3, 0.4) is 0 Å². The highest BCUT2D eigenvalue weighted by molar-refractivity contribution is 6.22. The first kappa shape index (κ1) is 7.70. The highest BCUT2D eigenvalue weighted by Crippen LogP contribution is 2.07. The zero-order chi connectivity index (χ0) is 6.57. The molecule has 0 aromatic carbocycles. The lowest BCUT2D eigenvalue weighted by molar-refractivity contribution is 0.408. The van der Waals surface area contributed by atoms with E-state index in [0.29, 0.717) is 0 Å². The van der Waals surface area contributed by atoms with Crippen LogP contribution in [0, 0.1) is 0 Å². The van der Waals surface area contributed by atoms with Crippen LogP contribution < -0.4 is 0 Å². The molecule has 0 bridgehead atoms. The van der Waals surface area contributed by atoms with Gasteiger partial charge < -0.3 is 0 Å². The van der Waals surface area contributed by atoms with Crippen LogP contribution in [-0.4, -0.2) is 11.5 Å². The molecule has 0 heterocycles. The number of alkyl halides is 2. The van der Waals surface area contributed by atoms with E-state index in [-0.39, 0.29) is 0 Å². The van der Waals surface area contributed by atoms with Crippen molar-refractivity contribution >= 4 is 11.6 Å². The highest BCUT2D eigenvalue weighted by atomic mass is 35.5. The molecule has 0 aliphatic rings. The van der Waals surface area contributed by atoms with Gasteiger partial charge in [0.1, 0.15) is 6.17 Å². The van der Waals surface area contributed by atoms with E-state index < -0.39 is 11.5 Å². The molecule has 0 fully saturated rings. The topological polar surface area (TPSA) is 0 Å². The van der Waals surface area contributed by atoms with E-state index in [1.54, 1.807) is 0 Å². The van der Waals surface area contributed by atoms with E-state index in [1.807, 2.05) is 0 Å². The van der Waals surface area contributed by atoms with Crippen LogP contribution in [0.15, 0.2) is 25.3 Å². The lowest BCUT2D eigenvalue weighted by Crippen LogP contribution is -2.08. The van der Waals surface area contributed by atoms with Gasteiger partial charge in [0.05, 0.1) is 5.38 Å². The third kappa shape index (κ3) is 2.12. The molecule has 0 nitrogen and oxygen atoms in total. The van der Waals surface area contributed by atoms with Crippen LogP contribution in [-0.2, 0) is 0 Å². The summed E-state index contributed by atoms with van der Waals surface area (Å²) >= 11 is 5.35. The Morgan fingerprint density at radius 1 is 1.38 bits per heavy atom. The Balaban J connectivity index is 3.60. The summed E-state index contributed by atoms with van der Waals surface area (Å²) in [7, 11) is 0. The van der Waals surface area contributed by atoms with Gasteiger partial charge >= 0.3 is 0 Å². The number of allylic oxidation sites excluding steroid dienone is 2.